The average Bonchev–Trinajstić information content (AvgIpc) is 2.73. The van der Waals surface area contributed by atoms with Crippen LogP contribution in [-0.4, -0.2) is 17.5 Å². The number of rotatable bonds is 5. The molecule has 158 valence electrons. The lowest BCUT2D eigenvalue weighted by atomic mass is 10.0. The van der Waals surface area contributed by atoms with Crippen molar-refractivity contribution in [3.63, 3.8) is 0 Å². The number of pyridine rings is 1. The zero-order chi connectivity index (χ0) is 22.7. The predicted molar refractivity (Wildman–Crippen MR) is 123 cm³/mol. The zero-order valence-corrected chi connectivity index (χ0v) is 17.8. The van der Waals surface area contributed by atoms with Gasteiger partial charge >= 0.3 is 0 Å². The number of nitrogens with zero attached hydrogens (tertiary/aromatic N) is 1. The Morgan fingerprint density at radius 2 is 1.77 bits per heavy atom. The first kappa shape index (κ1) is 21.7. The summed E-state index contributed by atoms with van der Waals surface area (Å²) in [6.45, 7) is 3.65. The van der Waals surface area contributed by atoms with Gasteiger partial charge in [0, 0.05) is 48.5 Å². The van der Waals surface area contributed by atoms with Crippen molar-refractivity contribution in [3.05, 3.63) is 69.9 Å². The molecule has 7 heteroatoms. The minimum Gasteiger partial charge on any atom is -0.384 e. The van der Waals surface area contributed by atoms with Crippen LogP contribution in [0.15, 0.2) is 47.4 Å². The molecular weight excluding hydrogens is 395 g/mol. The summed E-state index contributed by atoms with van der Waals surface area (Å²) in [5, 5.41) is 8.92. The van der Waals surface area contributed by atoms with E-state index in [4.69, 9.17) is 6.42 Å². The molecule has 0 bridgehead atoms. The van der Waals surface area contributed by atoms with Crippen LogP contribution >= 0.6 is 0 Å². The first-order valence-electron chi connectivity index (χ1n) is 9.57. The van der Waals surface area contributed by atoms with Crippen LogP contribution in [-0.2, 0) is 11.8 Å². The number of anilines is 4. The molecule has 0 aliphatic rings. The van der Waals surface area contributed by atoms with Gasteiger partial charge in [-0.1, -0.05) is 0 Å². The van der Waals surface area contributed by atoms with E-state index >= 15 is 0 Å². The summed E-state index contributed by atoms with van der Waals surface area (Å²) in [4.78, 5) is 24.0. The second kappa shape index (κ2) is 8.76. The van der Waals surface area contributed by atoms with Gasteiger partial charge < -0.3 is 20.5 Å². The van der Waals surface area contributed by atoms with E-state index in [1.54, 1.807) is 44.6 Å². The van der Waals surface area contributed by atoms with Gasteiger partial charge in [-0.2, -0.15) is 0 Å². The van der Waals surface area contributed by atoms with Crippen molar-refractivity contribution in [2.24, 2.45) is 7.05 Å². The van der Waals surface area contributed by atoms with Crippen LogP contribution in [0.4, 0.5) is 27.1 Å². The van der Waals surface area contributed by atoms with Crippen molar-refractivity contribution in [1.29, 1.82) is 0 Å². The number of amides is 1. The Bertz CT molecular complexity index is 1250. The summed E-state index contributed by atoms with van der Waals surface area (Å²) >= 11 is 0. The first-order valence-corrected chi connectivity index (χ1v) is 9.57. The summed E-state index contributed by atoms with van der Waals surface area (Å²) in [7, 11) is 3.34. The highest BCUT2D eigenvalue weighted by atomic mass is 19.1. The molecule has 1 heterocycles. The van der Waals surface area contributed by atoms with Gasteiger partial charge in [0.15, 0.2) is 0 Å². The van der Waals surface area contributed by atoms with Gasteiger partial charge in [-0.3, -0.25) is 9.59 Å². The molecule has 2 aromatic carbocycles. The molecule has 0 fully saturated rings. The second-order valence-corrected chi connectivity index (χ2v) is 7.21. The summed E-state index contributed by atoms with van der Waals surface area (Å²) in [6, 6.07) is 9.94. The van der Waals surface area contributed by atoms with Crippen molar-refractivity contribution in [2.75, 3.05) is 23.0 Å². The van der Waals surface area contributed by atoms with E-state index < -0.39 is 5.91 Å². The number of hydrogen-bond donors (Lipinski definition) is 3. The zero-order valence-electron chi connectivity index (χ0n) is 17.8. The number of aromatic nitrogens is 1. The summed E-state index contributed by atoms with van der Waals surface area (Å²) in [5.74, 6) is 1.16. The molecule has 3 aromatic rings. The molecule has 0 radical (unpaired) electrons. The van der Waals surface area contributed by atoms with Gasteiger partial charge in [0.2, 0.25) is 0 Å². The van der Waals surface area contributed by atoms with Gasteiger partial charge in [-0.25, -0.2) is 4.39 Å². The van der Waals surface area contributed by atoms with Crippen LogP contribution in [0.3, 0.4) is 0 Å². The van der Waals surface area contributed by atoms with Crippen LogP contribution in [0.25, 0.3) is 11.1 Å². The highest BCUT2D eigenvalue weighted by Gasteiger charge is 2.14. The Kier molecular flexibility index (Phi) is 6.12. The Morgan fingerprint density at radius 3 is 2.39 bits per heavy atom. The largest absolute Gasteiger partial charge is 0.384 e. The van der Waals surface area contributed by atoms with Crippen LogP contribution in [0.1, 0.15) is 11.1 Å². The maximum atomic E-state index is 13.7. The van der Waals surface area contributed by atoms with Crippen LogP contribution in [0, 0.1) is 32.0 Å². The molecule has 31 heavy (non-hydrogen) atoms. The van der Waals surface area contributed by atoms with Crippen molar-refractivity contribution in [2.45, 2.75) is 13.8 Å². The standard InChI is InChI=1S/C24H23FN4O2/c1-6-22(30)27-18-7-8-20(28-23-14(2)9-17(25)10-15(23)3)19(12-18)16-11-21(26-4)24(31)29(5)13-16/h1,7-13,26,28H,2-5H3,(H,27,30). The van der Waals surface area contributed by atoms with E-state index in [1.165, 1.54) is 16.7 Å². The minimum atomic E-state index is -0.562. The maximum Gasteiger partial charge on any atom is 0.300 e. The van der Waals surface area contributed by atoms with Crippen molar-refractivity contribution >= 4 is 28.7 Å². The number of carbonyl (C=O) groups excluding carboxylic acids is 1. The normalized spacial score (nSPS) is 10.3. The van der Waals surface area contributed by atoms with Crippen molar-refractivity contribution in [1.82, 2.24) is 4.57 Å². The molecule has 0 spiro atoms. The molecule has 1 amide bonds. The quantitative estimate of drug-likeness (QED) is 0.544. The van der Waals surface area contributed by atoms with Gasteiger partial charge in [0.05, 0.1) is 0 Å². The highest BCUT2D eigenvalue weighted by Crippen LogP contribution is 2.35. The van der Waals surface area contributed by atoms with E-state index in [1.807, 2.05) is 19.8 Å². The molecular formula is C24H23FN4O2. The number of carbonyl (C=O) groups is 1. The third-order valence-corrected chi connectivity index (χ3v) is 4.93. The Balaban J connectivity index is 2.19. The van der Waals surface area contributed by atoms with E-state index in [0.29, 0.717) is 11.4 Å². The average molecular weight is 418 g/mol. The fourth-order valence-electron chi connectivity index (χ4n) is 3.42. The molecule has 0 unspecified atom stereocenters. The SMILES string of the molecule is C#CC(=O)Nc1ccc(Nc2c(C)cc(F)cc2C)c(-c2cc(NC)c(=O)n(C)c2)c1. The van der Waals surface area contributed by atoms with E-state index in [0.717, 1.165) is 33.6 Å². The number of benzene rings is 2. The van der Waals surface area contributed by atoms with Gasteiger partial charge in [0.1, 0.15) is 11.5 Å². The molecule has 3 N–H and O–H groups in total. The van der Waals surface area contributed by atoms with Crippen LogP contribution < -0.4 is 21.5 Å². The summed E-state index contributed by atoms with van der Waals surface area (Å²) in [6.07, 6.45) is 6.88. The molecule has 6 nitrogen and oxygen atoms in total. The van der Waals surface area contributed by atoms with E-state index in [2.05, 4.69) is 16.0 Å². The molecule has 3 rings (SSSR count). The third kappa shape index (κ3) is 4.59. The van der Waals surface area contributed by atoms with E-state index in [-0.39, 0.29) is 11.4 Å². The predicted octanol–water partition coefficient (Wildman–Crippen LogP) is 4.17. The van der Waals surface area contributed by atoms with Gasteiger partial charge in [-0.05, 0) is 67.3 Å². The molecule has 0 aliphatic carbocycles. The molecule has 0 atom stereocenters. The molecule has 0 saturated heterocycles. The lowest BCUT2D eigenvalue weighted by molar-refractivity contribution is -0.111. The van der Waals surface area contributed by atoms with Crippen LogP contribution in [0.5, 0.6) is 0 Å². The summed E-state index contributed by atoms with van der Waals surface area (Å²) < 4.78 is 15.2. The minimum absolute atomic E-state index is 0.164. The fraction of sp³-hybridized carbons (Fsp3) is 0.167. The van der Waals surface area contributed by atoms with Crippen LogP contribution in [0.2, 0.25) is 0 Å². The van der Waals surface area contributed by atoms with E-state index in [9.17, 15) is 14.0 Å². The maximum absolute atomic E-state index is 13.7. The number of aryl methyl sites for hydroxylation is 3. The second-order valence-electron chi connectivity index (χ2n) is 7.21. The number of hydrogen-bond acceptors (Lipinski definition) is 4. The molecule has 0 saturated carbocycles. The van der Waals surface area contributed by atoms with Crippen molar-refractivity contribution in [3.8, 4) is 23.5 Å². The number of nitrogens with one attached hydrogen (secondary N) is 3. The highest BCUT2D eigenvalue weighted by molar-refractivity contribution is 6.04. The topological polar surface area (TPSA) is 75.2 Å². The Morgan fingerprint density at radius 1 is 1.10 bits per heavy atom. The first-order chi connectivity index (χ1) is 14.7. The lowest BCUT2D eigenvalue weighted by Crippen LogP contribution is -2.19. The number of terminal acetylenes is 1. The Labute approximate surface area is 180 Å². The van der Waals surface area contributed by atoms with Gasteiger partial charge in [-0.15, -0.1) is 6.42 Å². The van der Waals surface area contributed by atoms with Crippen molar-refractivity contribution < 1.29 is 9.18 Å². The van der Waals surface area contributed by atoms with Gasteiger partial charge in [0.25, 0.3) is 11.5 Å². The molecule has 1 aromatic heterocycles. The monoisotopic (exact) mass is 418 g/mol. The summed E-state index contributed by atoms with van der Waals surface area (Å²) in [5.41, 5.74) is 5.25. The molecule has 0 aliphatic heterocycles. The Hall–Kier alpha value is -4.05. The third-order valence-electron chi connectivity index (χ3n) is 4.93. The smallest absolute Gasteiger partial charge is 0.300 e. The lowest BCUT2D eigenvalue weighted by Gasteiger charge is -2.18. The number of halogens is 1. The fourth-order valence-corrected chi connectivity index (χ4v) is 3.42.